The second kappa shape index (κ2) is 9.04. The summed E-state index contributed by atoms with van der Waals surface area (Å²) >= 11 is 1.13. The fraction of sp³-hybridized carbons (Fsp3) is 0.294. The number of benzene rings is 1. The first-order valence-electron chi connectivity index (χ1n) is 7.64. The fourth-order valence-electron chi connectivity index (χ4n) is 1.86. The first-order valence-corrected chi connectivity index (χ1v) is 8.68. The standard InChI is InChI=1S/C17H18N2O6S/c1-10-8-14(19-25-10)18-16(21)11(2)26-9-15(20)24-13-6-4-12(5-7-13)17(22)23-3/h4-8,11H,9H2,1-3H3,(H,18,19,21)/t11-/m1/s1. The first-order chi connectivity index (χ1) is 12.4. The Morgan fingerprint density at radius 1 is 1.27 bits per heavy atom. The molecule has 1 N–H and O–H groups in total. The van der Waals surface area contributed by atoms with Crippen LogP contribution in [0.1, 0.15) is 23.0 Å². The summed E-state index contributed by atoms with van der Waals surface area (Å²) in [5.41, 5.74) is 0.357. The van der Waals surface area contributed by atoms with E-state index in [9.17, 15) is 14.4 Å². The molecule has 9 heteroatoms. The smallest absolute Gasteiger partial charge is 0.337 e. The van der Waals surface area contributed by atoms with Crippen LogP contribution in [0.25, 0.3) is 0 Å². The van der Waals surface area contributed by atoms with Gasteiger partial charge in [0.2, 0.25) is 5.91 Å². The molecule has 1 aromatic carbocycles. The molecule has 1 amide bonds. The van der Waals surface area contributed by atoms with Crippen molar-refractivity contribution < 1.29 is 28.4 Å². The van der Waals surface area contributed by atoms with Gasteiger partial charge in [0.25, 0.3) is 0 Å². The molecule has 26 heavy (non-hydrogen) atoms. The fourth-order valence-corrected chi connectivity index (χ4v) is 2.52. The summed E-state index contributed by atoms with van der Waals surface area (Å²) in [6, 6.07) is 7.59. The number of ether oxygens (including phenoxy) is 2. The Kier molecular flexibility index (Phi) is 6.79. The lowest BCUT2D eigenvalue weighted by Crippen LogP contribution is -2.24. The third-order valence-electron chi connectivity index (χ3n) is 3.21. The minimum Gasteiger partial charge on any atom is -0.465 e. The zero-order chi connectivity index (χ0) is 19.1. The topological polar surface area (TPSA) is 108 Å². The average Bonchev–Trinajstić information content (AvgIpc) is 3.04. The summed E-state index contributed by atoms with van der Waals surface area (Å²) in [5, 5.41) is 5.79. The molecule has 0 radical (unpaired) electrons. The quantitative estimate of drug-likeness (QED) is 0.578. The number of carbonyl (C=O) groups excluding carboxylic acids is 3. The lowest BCUT2D eigenvalue weighted by atomic mass is 10.2. The molecule has 2 rings (SSSR count). The zero-order valence-corrected chi connectivity index (χ0v) is 15.3. The maximum Gasteiger partial charge on any atom is 0.337 e. The lowest BCUT2D eigenvalue weighted by molar-refractivity contribution is -0.131. The lowest BCUT2D eigenvalue weighted by Gasteiger charge is -2.10. The minimum absolute atomic E-state index is 0.00875. The Balaban J connectivity index is 1.78. The van der Waals surface area contributed by atoms with Gasteiger partial charge in [0.05, 0.1) is 23.7 Å². The van der Waals surface area contributed by atoms with Crippen molar-refractivity contribution in [3.8, 4) is 5.75 Å². The second-order valence-electron chi connectivity index (χ2n) is 5.26. The van der Waals surface area contributed by atoms with Crippen molar-refractivity contribution in [3.05, 3.63) is 41.7 Å². The van der Waals surface area contributed by atoms with Crippen molar-refractivity contribution in [2.75, 3.05) is 18.2 Å². The van der Waals surface area contributed by atoms with E-state index in [1.807, 2.05) is 0 Å². The highest BCUT2D eigenvalue weighted by Crippen LogP contribution is 2.17. The van der Waals surface area contributed by atoms with Gasteiger partial charge in [-0.25, -0.2) is 4.79 Å². The van der Waals surface area contributed by atoms with Crippen molar-refractivity contribution in [1.82, 2.24) is 5.16 Å². The predicted octanol–water partition coefficient (Wildman–Crippen LogP) is 2.44. The molecule has 2 aromatic rings. The second-order valence-corrected chi connectivity index (χ2v) is 6.58. The van der Waals surface area contributed by atoms with Crippen LogP contribution in [-0.4, -0.2) is 41.1 Å². The number of hydrogen-bond donors (Lipinski definition) is 1. The first kappa shape index (κ1) is 19.5. The molecule has 0 aliphatic carbocycles. The van der Waals surface area contributed by atoms with Gasteiger partial charge >= 0.3 is 11.9 Å². The Morgan fingerprint density at radius 3 is 2.54 bits per heavy atom. The van der Waals surface area contributed by atoms with Gasteiger partial charge in [-0.1, -0.05) is 5.16 Å². The SMILES string of the molecule is COC(=O)c1ccc(OC(=O)CS[C@H](C)C(=O)Nc2cc(C)on2)cc1. The van der Waals surface area contributed by atoms with Gasteiger partial charge in [0.15, 0.2) is 5.82 Å². The molecule has 1 heterocycles. The maximum absolute atomic E-state index is 12.0. The molecule has 1 atom stereocenters. The molecule has 8 nitrogen and oxygen atoms in total. The van der Waals surface area contributed by atoms with Crippen LogP contribution in [0.15, 0.2) is 34.9 Å². The van der Waals surface area contributed by atoms with E-state index in [0.717, 1.165) is 11.8 Å². The van der Waals surface area contributed by atoms with Crippen molar-refractivity contribution >= 4 is 35.4 Å². The number of aromatic nitrogens is 1. The van der Waals surface area contributed by atoms with Gasteiger partial charge in [-0.3, -0.25) is 9.59 Å². The number of thioether (sulfide) groups is 1. The number of carbonyl (C=O) groups is 3. The van der Waals surface area contributed by atoms with Crippen LogP contribution in [0, 0.1) is 6.92 Å². The summed E-state index contributed by atoms with van der Waals surface area (Å²) in [6.07, 6.45) is 0. The van der Waals surface area contributed by atoms with E-state index in [2.05, 4.69) is 15.2 Å². The van der Waals surface area contributed by atoms with E-state index in [0.29, 0.717) is 22.9 Å². The zero-order valence-electron chi connectivity index (χ0n) is 14.5. The number of methoxy groups -OCH3 is 1. The molecular formula is C17H18N2O6S. The minimum atomic E-state index is -0.502. The molecule has 0 aliphatic rings. The van der Waals surface area contributed by atoms with E-state index in [-0.39, 0.29) is 11.7 Å². The van der Waals surface area contributed by atoms with E-state index < -0.39 is 17.2 Å². The van der Waals surface area contributed by atoms with Crippen molar-refractivity contribution in [2.45, 2.75) is 19.1 Å². The number of anilines is 1. The number of nitrogens with one attached hydrogen (secondary N) is 1. The van der Waals surface area contributed by atoms with Crippen LogP contribution in [-0.2, 0) is 14.3 Å². The number of amides is 1. The van der Waals surface area contributed by atoms with Crippen LogP contribution in [0.4, 0.5) is 5.82 Å². The van der Waals surface area contributed by atoms with Crippen LogP contribution >= 0.6 is 11.8 Å². The van der Waals surface area contributed by atoms with Gasteiger partial charge in [0.1, 0.15) is 11.5 Å². The molecule has 138 valence electrons. The third kappa shape index (κ3) is 5.62. The van der Waals surface area contributed by atoms with Crippen LogP contribution in [0.2, 0.25) is 0 Å². The van der Waals surface area contributed by atoms with Crippen molar-refractivity contribution in [3.63, 3.8) is 0 Å². The summed E-state index contributed by atoms with van der Waals surface area (Å²) in [7, 11) is 1.29. The van der Waals surface area contributed by atoms with Crippen molar-refractivity contribution in [2.24, 2.45) is 0 Å². The Morgan fingerprint density at radius 2 is 1.96 bits per heavy atom. The summed E-state index contributed by atoms with van der Waals surface area (Å²) < 4.78 is 14.6. The average molecular weight is 378 g/mol. The number of rotatable bonds is 7. The van der Waals surface area contributed by atoms with Gasteiger partial charge in [-0.05, 0) is 38.1 Å². The van der Waals surface area contributed by atoms with Gasteiger partial charge < -0.3 is 19.3 Å². The predicted molar refractivity (Wildman–Crippen MR) is 95.2 cm³/mol. The number of esters is 2. The monoisotopic (exact) mass is 378 g/mol. The van der Waals surface area contributed by atoms with Crippen molar-refractivity contribution in [1.29, 1.82) is 0 Å². The van der Waals surface area contributed by atoms with E-state index in [1.165, 1.54) is 31.4 Å². The molecule has 0 spiro atoms. The van der Waals surface area contributed by atoms with Crippen LogP contribution < -0.4 is 10.1 Å². The van der Waals surface area contributed by atoms with E-state index in [4.69, 9.17) is 9.26 Å². The number of aryl methyl sites for hydroxylation is 1. The largest absolute Gasteiger partial charge is 0.465 e. The van der Waals surface area contributed by atoms with Gasteiger partial charge in [-0.15, -0.1) is 11.8 Å². The van der Waals surface area contributed by atoms with Gasteiger partial charge in [-0.2, -0.15) is 0 Å². The Bertz CT molecular complexity index is 787. The molecule has 0 saturated carbocycles. The Labute approximate surface area is 154 Å². The van der Waals surface area contributed by atoms with Crippen LogP contribution in [0.3, 0.4) is 0 Å². The van der Waals surface area contributed by atoms with Gasteiger partial charge in [0, 0.05) is 6.07 Å². The normalized spacial score (nSPS) is 11.5. The highest BCUT2D eigenvalue weighted by atomic mass is 32.2. The molecule has 0 saturated heterocycles. The Hall–Kier alpha value is -2.81. The summed E-state index contributed by atoms with van der Waals surface area (Å²) in [4.78, 5) is 35.2. The highest BCUT2D eigenvalue weighted by Gasteiger charge is 2.17. The molecule has 0 fully saturated rings. The molecular weight excluding hydrogens is 360 g/mol. The number of hydrogen-bond acceptors (Lipinski definition) is 8. The maximum atomic E-state index is 12.0. The van der Waals surface area contributed by atoms with Crippen LogP contribution in [0.5, 0.6) is 5.75 Å². The van der Waals surface area contributed by atoms with E-state index in [1.54, 1.807) is 19.9 Å². The molecule has 0 bridgehead atoms. The summed E-state index contributed by atoms with van der Waals surface area (Å²) in [5.74, 6) is -0.0588. The molecule has 1 aromatic heterocycles. The molecule has 0 aliphatic heterocycles. The number of nitrogens with zero attached hydrogens (tertiary/aromatic N) is 1. The third-order valence-corrected chi connectivity index (χ3v) is 4.32. The summed E-state index contributed by atoms with van der Waals surface area (Å²) in [6.45, 7) is 3.39. The molecule has 0 unspecified atom stereocenters. The van der Waals surface area contributed by atoms with E-state index >= 15 is 0 Å². The highest BCUT2D eigenvalue weighted by molar-refractivity contribution is 8.01.